The number of carbonyl (C=O) groups excluding carboxylic acids is 1. The van der Waals surface area contributed by atoms with Gasteiger partial charge in [-0.25, -0.2) is 4.98 Å². The van der Waals surface area contributed by atoms with Crippen molar-refractivity contribution < 1.29 is 19.2 Å². The molecule has 19 heavy (non-hydrogen) atoms. The number of nitrogens with zero attached hydrogens (tertiary/aromatic N) is 1. The number of pyridine rings is 1. The van der Waals surface area contributed by atoms with Gasteiger partial charge in [0.25, 0.3) is 5.91 Å². The van der Waals surface area contributed by atoms with Crippen LogP contribution in [0.15, 0.2) is 12.3 Å². The van der Waals surface area contributed by atoms with Crippen LogP contribution in [0.3, 0.4) is 0 Å². The Bertz CT molecular complexity index is 514. The van der Waals surface area contributed by atoms with Crippen molar-refractivity contribution in [2.75, 3.05) is 0 Å². The monoisotopic (exact) mass is 264 g/mol. The van der Waals surface area contributed by atoms with E-state index in [0.29, 0.717) is 5.46 Å². The van der Waals surface area contributed by atoms with E-state index in [1.807, 2.05) is 27.7 Å². The number of hydrogen-bond donors (Lipinski definition) is 2. The van der Waals surface area contributed by atoms with E-state index in [0.717, 1.165) is 0 Å². The van der Waals surface area contributed by atoms with E-state index in [2.05, 4.69) is 4.98 Å². The maximum atomic E-state index is 11.2. The summed E-state index contributed by atoms with van der Waals surface area (Å²) in [7, 11) is -0.758. The van der Waals surface area contributed by atoms with Crippen LogP contribution < -0.4 is 11.2 Å². The molecule has 1 amide bonds. The first kappa shape index (κ1) is 13.8. The molecular formula is C12H17BN2O4. The fourth-order valence-electron chi connectivity index (χ4n) is 1.81. The molecule has 0 atom stereocenters. The molecule has 2 heterocycles. The third-order valence-corrected chi connectivity index (χ3v) is 3.70. The van der Waals surface area contributed by atoms with E-state index < -0.39 is 24.2 Å². The van der Waals surface area contributed by atoms with E-state index in [1.54, 1.807) is 6.07 Å². The summed E-state index contributed by atoms with van der Waals surface area (Å²) < 4.78 is 11.6. The van der Waals surface area contributed by atoms with Crippen molar-refractivity contribution in [3.05, 3.63) is 18.0 Å². The normalized spacial score (nSPS) is 20.5. The van der Waals surface area contributed by atoms with Crippen LogP contribution in [0.5, 0.6) is 5.75 Å². The van der Waals surface area contributed by atoms with Gasteiger partial charge < -0.3 is 20.1 Å². The molecule has 1 aromatic heterocycles. The predicted molar refractivity (Wildman–Crippen MR) is 70.1 cm³/mol. The quantitative estimate of drug-likeness (QED) is 0.743. The number of aromatic nitrogens is 1. The predicted octanol–water partition coefficient (Wildman–Crippen LogP) is 0.185. The van der Waals surface area contributed by atoms with Gasteiger partial charge in [-0.15, -0.1) is 0 Å². The van der Waals surface area contributed by atoms with E-state index in [1.165, 1.54) is 6.20 Å². The lowest BCUT2D eigenvalue weighted by atomic mass is 9.78. The molecule has 102 valence electrons. The summed E-state index contributed by atoms with van der Waals surface area (Å²) in [6, 6.07) is 1.55. The van der Waals surface area contributed by atoms with Crippen LogP contribution >= 0.6 is 0 Å². The summed E-state index contributed by atoms with van der Waals surface area (Å²) in [5, 5.41) is 10.0. The third kappa shape index (κ3) is 2.19. The Morgan fingerprint density at radius 1 is 1.32 bits per heavy atom. The largest absolute Gasteiger partial charge is 0.506 e. The first-order valence-corrected chi connectivity index (χ1v) is 5.99. The van der Waals surface area contributed by atoms with Gasteiger partial charge >= 0.3 is 7.12 Å². The topological polar surface area (TPSA) is 94.7 Å². The standard InChI is InChI=1S/C12H17BN2O4/c1-11(2)12(3,4)19-13(18-11)7-5-6-15-8(9(7)16)10(14)17/h5-6,16H,1-4H3,(H2,14,17). The molecule has 0 aliphatic carbocycles. The molecule has 1 aliphatic heterocycles. The number of amides is 1. The lowest BCUT2D eigenvalue weighted by Crippen LogP contribution is -2.41. The second-order valence-electron chi connectivity index (χ2n) is 5.55. The van der Waals surface area contributed by atoms with Crippen molar-refractivity contribution in [1.29, 1.82) is 0 Å². The van der Waals surface area contributed by atoms with Crippen LogP contribution in [0.25, 0.3) is 0 Å². The Kier molecular flexibility index (Phi) is 3.06. The molecule has 1 aliphatic rings. The van der Waals surface area contributed by atoms with Crippen molar-refractivity contribution in [3.63, 3.8) is 0 Å². The number of aromatic hydroxyl groups is 1. The first-order valence-electron chi connectivity index (χ1n) is 5.99. The zero-order valence-electron chi connectivity index (χ0n) is 11.4. The molecule has 0 radical (unpaired) electrons. The Hall–Kier alpha value is -1.60. The maximum Gasteiger partial charge on any atom is 0.498 e. The highest BCUT2D eigenvalue weighted by atomic mass is 16.7. The third-order valence-electron chi connectivity index (χ3n) is 3.70. The zero-order chi connectivity index (χ0) is 14.4. The van der Waals surface area contributed by atoms with Crippen molar-refractivity contribution in [3.8, 4) is 5.75 Å². The summed E-state index contributed by atoms with van der Waals surface area (Å²) in [6.07, 6.45) is 1.39. The van der Waals surface area contributed by atoms with E-state index in [9.17, 15) is 9.90 Å². The molecular weight excluding hydrogens is 247 g/mol. The Balaban J connectivity index is 2.40. The number of hydrogen-bond acceptors (Lipinski definition) is 5. The van der Waals surface area contributed by atoms with Gasteiger partial charge in [0.2, 0.25) is 0 Å². The molecule has 7 heteroatoms. The Labute approximate surface area is 112 Å². The van der Waals surface area contributed by atoms with Gasteiger partial charge in [0, 0.05) is 11.7 Å². The van der Waals surface area contributed by atoms with Gasteiger partial charge in [0.05, 0.1) is 11.2 Å². The number of nitrogens with two attached hydrogens (primary N) is 1. The zero-order valence-corrected chi connectivity index (χ0v) is 11.4. The van der Waals surface area contributed by atoms with Crippen molar-refractivity contribution in [1.82, 2.24) is 4.98 Å². The maximum absolute atomic E-state index is 11.2. The highest BCUT2D eigenvalue weighted by Crippen LogP contribution is 2.37. The highest BCUT2D eigenvalue weighted by Gasteiger charge is 2.52. The first-order chi connectivity index (χ1) is 8.66. The Morgan fingerprint density at radius 2 is 1.84 bits per heavy atom. The summed E-state index contributed by atoms with van der Waals surface area (Å²) in [5.74, 6) is -1.09. The summed E-state index contributed by atoms with van der Waals surface area (Å²) in [6.45, 7) is 7.61. The van der Waals surface area contributed by atoms with Gasteiger partial charge in [-0.3, -0.25) is 4.79 Å². The highest BCUT2D eigenvalue weighted by molar-refractivity contribution is 6.63. The minimum absolute atomic E-state index is 0.188. The molecule has 3 N–H and O–H groups in total. The van der Waals surface area contributed by atoms with Crippen molar-refractivity contribution in [2.24, 2.45) is 5.73 Å². The van der Waals surface area contributed by atoms with Gasteiger partial charge in [-0.2, -0.15) is 0 Å². The fourth-order valence-corrected chi connectivity index (χ4v) is 1.81. The molecule has 0 spiro atoms. The van der Waals surface area contributed by atoms with E-state index in [-0.39, 0.29) is 11.4 Å². The van der Waals surface area contributed by atoms with Crippen LogP contribution in [0.1, 0.15) is 38.2 Å². The van der Waals surface area contributed by atoms with E-state index in [4.69, 9.17) is 15.0 Å². The fraction of sp³-hybridized carbons (Fsp3) is 0.500. The molecule has 0 bridgehead atoms. The van der Waals surface area contributed by atoms with Crippen molar-refractivity contribution >= 4 is 18.5 Å². The van der Waals surface area contributed by atoms with Crippen LogP contribution in [-0.2, 0) is 9.31 Å². The smallest absolute Gasteiger partial charge is 0.498 e. The van der Waals surface area contributed by atoms with Gasteiger partial charge in [0.15, 0.2) is 5.69 Å². The van der Waals surface area contributed by atoms with Gasteiger partial charge in [-0.1, -0.05) is 0 Å². The number of rotatable bonds is 2. The molecule has 1 aromatic rings. The van der Waals surface area contributed by atoms with Crippen LogP contribution in [0, 0.1) is 0 Å². The second kappa shape index (κ2) is 4.21. The summed E-state index contributed by atoms with van der Waals surface area (Å²) in [4.78, 5) is 14.9. The molecule has 1 fully saturated rings. The molecule has 0 aromatic carbocycles. The SMILES string of the molecule is CC1(C)OB(c2ccnc(C(N)=O)c2O)OC1(C)C. The molecule has 0 saturated carbocycles. The average molecular weight is 264 g/mol. The van der Waals surface area contributed by atoms with Crippen LogP contribution in [-0.4, -0.2) is 34.3 Å². The Morgan fingerprint density at radius 3 is 2.32 bits per heavy atom. The van der Waals surface area contributed by atoms with Gasteiger partial charge in [0.1, 0.15) is 5.75 Å². The average Bonchev–Trinajstić information content (AvgIpc) is 2.47. The summed E-state index contributed by atoms with van der Waals surface area (Å²) >= 11 is 0. The lowest BCUT2D eigenvalue weighted by molar-refractivity contribution is 0.00578. The minimum atomic E-state index is -0.795. The molecule has 2 rings (SSSR count). The second-order valence-corrected chi connectivity index (χ2v) is 5.55. The lowest BCUT2D eigenvalue weighted by Gasteiger charge is -2.32. The summed E-state index contributed by atoms with van der Waals surface area (Å²) in [5.41, 5.74) is 4.25. The van der Waals surface area contributed by atoms with Crippen LogP contribution in [0.4, 0.5) is 0 Å². The van der Waals surface area contributed by atoms with E-state index >= 15 is 0 Å². The van der Waals surface area contributed by atoms with Crippen LogP contribution in [0.2, 0.25) is 0 Å². The molecule has 0 unspecified atom stereocenters. The number of carbonyl (C=O) groups is 1. The molecule has 1 saturated heterocycles. The minimum Gasteiger partial charge on any atom is -0.506 e. The molecule has 6 nitrogen and oxygen atoms in total. The number of primary amides is 1. The van der Waals surface area contributed by atoms with Gasteiger partial charge in [-0.05, 0) is 33.8 Å². The van der Waals surface area contributed by atoms with Crippen molar-refractivity contribution in [2.45, 2.75) is 38.9 Å².